The highest BCUT2D eigenvalue weighted by Crippen LogP contribution is 2.31. The van der Waals surface area contributed by atoms with Gasteiger partial charge in [-0.15, -0.1) is 0 Å². The third-order valence-electron chi connectivity index (χ3n) is 4.12. The summed E-state index contributed by atoms with van der Waals surface area (Å²) in [7, 11) is 0. The van der Waals surface area contributed by atoms with E-state index in [0.29, 0.717) is 36.8 Å². The molecule has 0 spiro atoms. The highest BCUT2D eigenvalue weighted by atomic mass is 16.6. The lowest BCUT2D eigenvalue weighted by Crippen LogP contribution is -2.28. The second-order valence-corrected chi connectivity index (χ2v) is 6.20. The monoisotopic (exact) mass is 383 g/mol. The summed E-state index contributed by atoms with van der Waals surface area (Å²) >= 11 is 0. The van der Waals surface area contributed by atoms with Gasteiger partial charge >= 0.3 is 5.97 Å². The summed E-state index contributed by atoms with van der Waals surface area (Å²) in [4.78, 5) is 35.8. The predicted octanol–water partition coefficient (Wildman–Crippen LogP) is 2.28. The third kappa shape index (κ3) is 5.57. The summed E-state index contributed by atoms with van der Waals surface area (Å²) in [6.07, 6.45) is -0.108. The minimum atomic E-state index is -0.597. The van der Waals surface area contributed by atoms with Crippen LogP contribution in [0.1, 0.15) is 28.8 Å². The summed E-state index contributed by atoms with van der Waals surface area (Å²) in [5.41, 5.74) is 1.39. The fraction of sp³-hybridized carbons (Fsp3) is 0.286. The number of esters is 1. The summed E-state index contributed by atoms with van der Waals surface area (Å²) in [6.45, 7) is 0.901. The van der Waals surface area contributed by atoms with E-state index in [-0.39, 0.29) is 25.2 Å². The highest BCUT2D eigenvalue weighted by Gasteiger charge is 2.16. The molecule has 0 radical (unpaired) electrons. The molecule has 28 heavy (non-hydrogen) atoms. The van der Waals surface area contributed by atoms with E-state index >= 15 is 0 Å². The van der Waals surface area contributed by atoms with Gasteiger partial charge in [-0.05, 0) is 23.8 Å². The number of nitrogens with one attached hydrogen (secondary N) is 1. The molecule has 1 N–H and O–H groups in total. The number of carbonyl (C=O) groups excluding carboxylic acids is 3. The van der Waals surface area contributed by atoms with E-state index in [4.69, 9.17) is 14.2 Å². The van der Waals surface area contributed by atoms with Crippen LogP contribution in [0.2, 0.25) is 0 Å². The van der Waals surface area contributed by atoms with Gasteiger partial charge in [-0.1, -0.05) is 30.3 Å². The normalized spacial score (nSPS) is 12.1. The van der Waals surface area contributed by atoms with E-state index in [0.717, 1.165) is 5.56 Å². The number of ether oxygens (including phenoxy) is 3. The van der Waals surface area contributed by atoms with Crippen LogP contribution >= 0.6 is 0 Å². The fourth-order valence-electron chi connectivity index (χ4n) is 2.64. The van der Waals surface area contributed by atoms with Crippen LogP contribution in [0.5, 0.6) is 11.5 Å². The average Bonchev–Trinajstić information content (AvgIpc) is 2.75. The van der Waals surface area contributed by atoms with Crippen LogP contribution < -0.4 is 14.8 Å². The molecule has 0 atom stereocenters. The van der Waals surface area contributed by atoms with E-state index in [1.165, 1.54) is 0 Å². The molecule has 0 unspecified atom stereocenters. The van der Waals surface area contributed by atoms with Crippen LogP contribution in [0.25, 0.3) is 0 Å². The maximum atomic E-state index is 12.2. The van der Waals surface area contributed by atoms with E-state index < -0.39 is 11.9 Å². The Morgan fingerprint density at radius 3 is 2.46 bits per heavy atom. The Kier molecular flexibility index (Phi) is 6.62. The Labute approximate surface area is 162 Å². The van der Waals surface area contributed by atoms with E-state index in [1.54, 1.807) is 18.2 Å². The minimum absolute atomic E-state index is 0.00981. The number of benzene rings is 2. The molecule has 7 heteroatoms. The molecule has 0 bridgehead atoms. The van der Waals surface area contributed by atoms with Crippen molar-refractivity contribution in [1.82, 2.24) is 5.32 Å². The highest BCUT2D eigenvalue weighted by molar-refractivity contribution is 5.98. The van der Waals surface area contributed by atoms with Crippen molar-refractivity contribution in [2.75, 3.05) is 19.8 Å². The SMILES string of the molecule is O=C(COC(=O)CCC(=O)c1ccc2c(c1)OCCO2)NCc1ccccc1. The zero-order valence-corrected chi connectivity index (χ0v) is 15.3. The number of fused-ring (bicyclic) bond motifs is 1. The number of ketones is 1. The van der Waals surface area contributed by atoms with Gasteiger partial charge in [0, 0.05) is 18.5 Å². The quantitative estimate of drug-likeness (QED) is 0.556. The van der Waals surface area contributed by atoms with Gasteiger partial charge in [-0.3, -0.25) is 14.4 Å². The predicted molar refractivity (Wildman–Crippen MR) is 100 cm³/mol. The van der Waals surface area contributed by atoms with Crippen LogP contribution in [0.4, 0.5) is 0 Å². The molecule has 0 aromatic heterocycles. The van der Waals surface area contributed by atoms with Crippen LogP contribution in [-0.2, 0) is 20.9 Å². The summed E-state index contributed by atoms with van der Waals surface area (Å²) < 4.78 is 15.8. The van der Waals surface area contributed by atoms with Crippen molar-refractivity contribution >= 4 is 17.7 Å². The zero-order valence-electron chi connectivity index (χ0n) is 15.3. The van der Waals surface area contributed by atoms with E-state index in [9.17, 15) is 14.4 Å². The molecule has 0 saturated heterocycles. The molecule has 2 aromatic carbocycles. The van der Waals surface area contributed by atoms with Gasteiger partial charge in [0.1, 0.15) is 13.2 Å². The van der Waals surface area contributed by atoms with Gasteiger partial charge in [0.25, 0.3) is 5.91 Å². The van der Waals surface area contributed by atoms with Gasteiger partial charge in [-0.2, -0.15) is 0 Å². The summed E-state index contributed by atoms with van der Waals surface area (Å²) in [5, 5.41) is 2.67. The standard InChI is InChI=1S/C21H21NO6/c23-17(16-6-8-18-19(12-16)27-11-10-26-18)7-9-21(25)28-14-20(24)22-13-15-4-2-1-3-5-15/h1-6,8,12H,7,9-11,13-14H2,(H,22,24). The van der Waals surface area contributed by atoms with Gasteiger partial charge < -0.3 is 19.5 Å². The molecule has 2 aromatic rings. The number of carbonyl (C=O) groups is 3. The maximum absolute atomic E-state index is 12.2. The second-order valence-electron chi connectivity index (χ2n) is 6.20. The second kappa shape index (κ2) is 9.55. The number of Topliss-reactive ketones (excluding diaryl/α,β-unsaturated/α-hetero) is 1. The van der Waals surface area contributed by atoms with Crippen molar-refractivity contribution in [1.29, 1.82) is 0 Å². The molecule has 1 aliphatic rings. The van der Waals surface area contributed by atoms with E-state index in [2.05, 4.69) is 5.32 Å². The lowest BCUT2D eigenvalue weighted by atomic mass is 10.1. The first-order chi connectivity index (χ1) is 13.6. The van der Waals surface area contributed by atoms with Crippen molar-refractivity contribution < 1.29 is 28.6 Å². The minimum Gasteiger partial charge on any atom is -0.486 e. The molecule has 0 aliphatic carbocycles. The van der Waals surface area contributed by atoms with Gasteiger partial charge in [0.15, 0.2) is 23.9 Å². The number of amides is 1. The number of hydrogen-bond acceptors (Lipinski definition) is 6. The van der Waals surface area contributed by atoms with Crippen molar-refractivity contribution in [3.05, 3.63) is 59.7 Å². The lowest BCUT2D eigenvalue weighted by Gasteiger charge is -2.18. The summed E-state index contributed by atoms with van der Waals surface area (Å²) in [5.74, 6) is -0.0722. The van der Waals surface area contributed by atoms with Crippen LogP contribution in [-0.4, -0.2) is 37.5 Å². The van der Waals surface area contributed by atoms with Crippen LogP contribution in [0.3, 0.4) is 0 Å². The molecule has 3 rings (SSSR count). The average molecular weight is 383 g/mol. The third-order valence-corrected chi connectivity index (χ3v) is 4.12. The fourth-order valence-corrected chi connectivity index (χ4v) is 2.64. The molecule has 1 amide bonds. The first kappa shape index (κ1) is 19.4. The Bertz CT molecular complexity index is 849. The lowest BCUT2D eigenvalue weighted by molar-refractivity contribution is -0.148. The van der Waals surface area contributed by atoms with Gasteiger partial charge in [0.05, 0.1) is 6.42 Å². The van der Waals surface area contributed by atoms with Gasteiger partial charge in [-0.25, -0.2) is 0 Å². The Morgan fingerprint density at radius 2 is 1.68 bits per heavy atom. The van der Waals surface area contributed by atoms with E-state index in [1.807, 2.05) is 30.3 Å². The first-order valence-electron chi connectivity index (χ1n) is 9.01. The molecular formula is C21H21NO6. The molecule has 146 valence electrons. The topological polar surface area (TPSA) is 90.9 Å². The molecule has 0 saturated carbocycles. The Hall–Kier alpha value is -3.35. The first-order valence-corrected chi connectivity index (χ1v) is 9.01. The molecular weight excluding hydrogens is 362 g/mol. The smallest absolute Gasteiger partial charge is 0.306 e. The Morgan fingerprint density at radius 1 is 0.929 bits per heavy atom. The molecule has 1 heterocycles. The molecule has 0 fully saturated rings. The zero-order chi connectivity index (χ0) is 19.8. The largest absolute Gasteiger partial charge is 0.486 e. The van der Waals surface area contributed by atoms with Gasteiger partial charge in [0.2, 0.25) is 0 Å². The van der Waals surface area contributed by atoms with Crippen molar-refractivity contribution in [3.8, 4) is 11.5 Å². The molecule has 7 nitrogen and oxygen atoms in total. The Balaban J connectivity index is 1.38. The van der Waals surface area contributed by atoms with Crippen molar-refractivity contribution in [2.24, 2.45) is 0 Å². The van der Waals surface area contributed by atoms with Crippen molar-refractivity contribution in [2.45, 2.75) is 19.4 Å². The number of rotatable bonds is 8. The summed E-state index contributed by atoms with van der Waals surface area (Å²) in [6, 6.07) is 14.3. The maximum Gasteiger partial charge on any atom is 0.306 e. The van der Waals surface area contributed by atoms with Crippen LogP contribution in [0.15, 0.2) is 48.5 Å². The number of hydrogen-bond donors (Lipinski definition) is 1. The molecule has 1 aliphatic heterocycles. The van der Waals surface area contributed by atoms with Crippen molar-refractivity contribution in [3.63, 3.8) is 0 Å². The van der Waals surface area contributed by atoms with Crippen LogP contribution in [0, 0.1) is 0 Å².